The third-order valence-corrected chi connectivity index (χ3v) is 5.31. The van der Waals surface area contributed by atoms with Gasteiger partial charge in [0, 0.05) is 18.7 Å². The van der Waals surface area contributed by atoms with Gasteiger partial charge in [0.05, 0.1) is 27.7 Å². The Labute approximate surface area is 172 Å². The molecule has 1 atom stereocenters. The Balaban J connectivity index is 1.82. The quantitative estimate of drug-likeness (QED) is 0.457. The summed E-state index contributed by atoms with van der Waals surface area (Å²) in [5, 5.41) is 3.96. The third kappa shape index (κ3) is 3.65. The summed E-state index contributed by atoms with van der Waals surface area (Å²) in [6.45, 7) is 0.746. The van der Waals surface area contributed by atoms with Gasteiger partial charge in [-0.2, -0.15) is 0 Å². The second kappa shape index (κ2) is 8.34. The van der Waals surface area contributed by atoms with E-state index in [4.69, 9.17) is 18.9 Å². The molecular weight excluding hydrogens is 394 g/mol. The number of ether oxygens (including phenoxy) is 4. The first-order valence-corrected chi connectivity index (χ1v) is 10.4. The third-order valence-electron chi connectivity index (χ3n) is 4.76. The van der Waals surface area contributed by atoms with E-state index < -0.39 is 0 Å². The SMILES string of the molecule is COc1cc(OC)c(Nc2nc(SC)nc3c2ncn3C2CCCO2)c(OC)c1. The Morgan fingerprint density at radius 2 is 1.90 bits per heavy atom. The minimum absolute atomic E-state index is 0.0532. The van der Waals surface area contributed by atoms with Gasteiger partial charge in [0.25, 0.3) is 0 Å². The van der Waals surface area contributed by atoms with Crippen molar-refractivity contribution in [2.75, 3.05) is 39.5 Å². The molecule has 1 N–H and O–H groups in total. The number of hydrogen-bond acceptors (Lipinski definition) is 9. The van der Waals surface area contributed by atoms with Crippen LogP contribution in [0.3, 0.4) is 0 Å². The molecule has 3 aromatic rings. The molecule has 1 saturated heterocycles. The first kappa shape index (κ1) is 19.6. The van der Waals surface area contributed by atoms with E-state index in [1.54, 1.807) is 39.8 Å². The van der Waals surface area contributed by atoms with Crippen molar-refractivity contribution in [2.45, 2.75) is 24.2 Å². The second-order valence-electron chi connectivity index (χ2n) is 6.38. The zero-order valence-corrected chi connectivity index (χ0v) is 17.6. The van der Waals surface area contributed by atoms with E-state index >= 15 is 0 Å². The standard InChI is InChI=1S/C19H23N5O4S/c1-25-11-8-12(26-2)15(13(9-11)27-3)21-17-16-18(23-19(22-17)29-4)24(10-20-16)14-6-5-7-28-14/h8-10,14H,5-7H2,1-4H3,(H,21,22,23). The topological polar surface area (TPSA) is 92.6 Å². The van der Waals surface area contributed by atoms with Gasteiger partial charge in [-0.05, 0) is 19.1 Å². The number of anilines is 2. The van der Waals surface area contributed by atoms with Crippen molar-refractivity contribution in [3.05, 3.63) is 18.5 Å². The normalized spacial score (nSPS) is 16.2. The molecule has 1 unspecified atom stereocenters. The smallest absolute Gasteiger partial charge is 0.191 e. The summed E-state index contributed by atoms with van der Waals surface area (Å²) in [6, 6.07) is 3.56. The Bertz CT molecular complexity index is 994. The van der Waals surface area contributed by atoms with Gasteiger partial charge in [-0.1, -0.05) is 11.8 Å². The van der Waals surface area contributed by atoms with Crippen molar-refractivity contribution >= 4 is 34.4 Å². The lowest BCUT2D eigenvalue weighted by atomic mass is 10.2. The number of fused-ring (bicyclic) bond motifs is 1. The molecule has 0 radical (unpaired) electrons. The van der Waals surface area contributed by atoms with Crippen LogP contribution in [0, 0.1) is 0 Å². The molecule has 0 bridgehead atoms. The molecule has 0 amide bonds. The Morgan fingerprint density at radius 3 is 2.48 bits per heavy atom. The maximum absolute atomic E-state index is 5.82. The highest BCUT2D eigenvalue weighted by Crippen LogP contribution is 2.41. The fraction of sp³-hybridized carbons (Fsp3) is 0.421. The van der Waals surface area contributed by atoms with Gasteiger partial charge < -0.3 is 24.3 Å². The van der Waals surface area contributed by atoms with E-state index in [0.717, 1.165) is 25.1 Å². The molecule has 1 aliphatic rings. The van der Waals surface area contributed by atoms with Crippen LogP contribution in [0.2, 0.25) is 0 Å². The highest BCUT2D eigenvalue weighted by Gasteiger charge is 2.23. The fourth-order valence-electron chi connectivity index (χ4n) is 3.31. The second-order valence-corrected chi connectivity index (χ2v) is 7.16. The number of imidazole rings is 1. The van der Waals surface area contributed by atoms with Crippen molar-refractivity contribution < 1.29 is 18.9 Å². The average Bonchev–Trinajstić information content (AvgIpc) is 3.43. The van der Waals surface area contributed by atoms with Gasteiger partial charge >= 0.3 is 0 Å². The highest BCUT2D eigenvalue weighted by molar-refractivity contribution is 7.98. The summed E-state index contributed by atoms with van der Waals surface area (Å²) < 4.78 is 24.2. The summed E-state index contributed by atoms with van der Waals surface area (Å²) in [4.78, 5) is 13.9. The molecule has 10 heteroatoms. The van der Waals surface area contributed by atoms with E-state index in [2.05, 4.69) is 20.3 Å². The van der Waals surface area contributed by atoms with E-state index in [-0.39, 0.29) is 6.23 Å². The van der Waals surface area contributed by atoms with Crippen molar-refractivity contribution in [1.29, 1.82) is 0 Å². The predicted molar refractivity (Wildman–Crippen MR) is 111 cm³/mol. The molecule has 0 saturated carbocycles. The van der Waals surface area contributed by atoms with Crippen LogP contribution in [0.1, 0.15) is 19.1 Å². The summed E-state index contributed by atoms with van der Waals surface area (Å²) in [6.07, 6.45) is 5.60. The lowest BCUT2D eigenvalue weighted by Gasteiger charge is -2.17. The lowest BCUT2D eigenvalue weighted by molar-refractivity contribution is 0.0592. The lowest BCUT2D eigenvalue weighted by Crippen LogP contribution is -2.08. The maximum atomic E-state index is 5.82. The molecule has 1 aliphatic heterocycles. The first-order chi connectivity index (χ1) is 14.2. The van der Waals surface area contributed by atoms with Gasteiger partial charge in [-0.25, -0.2) is 15.0 Å². The first-order valence-electron chi connectivity index (χ1n) is 9.15. The molecule has 3 heterocycles. The minimum atomic E-state index is -0.0532. The van der Waals surface area contributed by atoms with Crippen molar-refractivity contribution in [2.24, 2.45) is 0 Å². The van der Waals surface area contributed by atoms with Crippen LogP contribution in [0.15, 0.2) is 23.6 Å². The number of benzene rings is 1. The summed E-state index contributed by atoms with van der Waals surface area (Å²) >= 11 is 1.46. The zero-order valence-electron chi connectivity index (χ0n) is 16.8. The average molecular weight is 417 g/mol. The monoisotopic (exact) mass is 417 g/mol. The number of hydrogen-bond donors (Lipinski definition) is 1. The number of thioether (sulfide) groups is 1. The Hall–Kier alpha value is -2.72. The summed E-state index contributed by atoms with van der Waals surface area (Å²) in [5.41, 5.74) is 2.01. The van der Waals surface area contributed by atoms with Crippen LogP contribution in [-0.4, -0.2) is 53.7 Å². The van der Waals surface area contributed by atoms with Crippen LogP contribution in [0.5, 0.6) is 17.2 Å². The number of nitrogens with zero attached hydrogens (tertiary/aromatic N) is 4. The molecule has 2 aromatic heterocycles. The summed E-state index contributed by atoms with van der Waals surface area (Å²) in [5.74, 6) is 2.33. The van der Waals surface area contributed by atoms with Crippen LogP contribution in [0.25, 0.3) is 11.2 Å². The number of aromatic nitrogens is 4. The van der Waals surface area contributed by atoms with Crippen LogP contribution >= 0.6 is 11.8 Å². The number of nitrogens with one attached hydrogen (secondary N) is 1. The number of rotatable bonds is 7. The maximum Gasteiger partial charge on any atom is 0.191 e. The van der Waals surface area contributed by atoms with Crippen LogP contribution in [-0.2, 0) is 4.74 Å². The molecule has 0 aliphatic carbocycles. The molecular formula is C19H23N5O4S. The molecule has 4 rings (SSSR count). The predicted octanol–water partition coefficient (Wildman–Crippen LogP) is 3.63. The largest absolute Gasteiger partial charge is 0.496 e. The van der Waals surface area contributed by atoms with Crippen molar-refractivity contribution in [1.82, 2.24) is 19.5 Å². The van der Waals surface area contributed by atoms with Gasteiger partial charge in [0.1, 0.15) is 29.2 Å². The minimum Gasteiger partial charge on any atom is -0.496 e. The number of methoxy groups -OCH3 is 3. The van der Waals surface area contributed by atoms with Gasteiger partial charge in [0.2, 0.25) is 0 Å². The molecule has 29 heavy (non-hydrogen) atoms. The van der Waals surface area contributed by atoms with Crippen molar-refractivity contribution in [3.63, 3.8) is 0 Å². The van der Waals surface area contributed by atoms with Gasteiger partial charge in [-0.3, -0.25) is 4.57 Å². The van der Waals surface area contributed by atoms with Crippen LogP contribution in [0.4, 0.5) is 11.5 Å². The zero-order chi connectivity index (χ0) is 20.4. The molecule has 154 valence electrons. The van der Waals surface area contributed by atoms with E-state index in [0.29, 0.717) is 39.4 Å². The molecule has 1 aromatic carbocycles. The van der Waals surface area contributed by atoms with Crippen LogP contribution < -0.4 is 19.5 Å². The van der Waals surface area contributed by atoms with E-state index in [9.17, 15) is 0 Å². The molecule has 0 spiro atoms. The Morgan fingerprint density at radius 1 is 1.14 bits per heavy atom. The molecule has 9 nitrogen and oxygen atoms in total. The van der Waals surface area contributed by atoms with E-state index in [1.807, 2.05) is 10.8 Å². The van der Waals surface area contributed by atoms with E-state index in [1.165, 1.54) is 11.8 Å². The molecule has 1 fully saturated rings. The Kier molecular flexibility index (Phi) is 5.63. The van der Waals surface area contributed by atoms with Gasteiger partial charge in [-0.15, -0.1) is 0 Å². The van der Waals surface area contributed by atoms with Gasteiger partial charge in [0.15, 0.2) is 22.1 Å². The summed E-state index contributed by atoms with van der Waals surface area (Å²) in [7, 11) is 4.78. The van der Waals surface area contributed by atoms with Crippen molar-refractivity contribution in [3.8, 4) is 17.2 Å². The fourth-order valence-corrected chi connectivity index (χ4v) is 3.67. The highest BCUT2D eigenvalue weighted by atomic mass is 32.2.